The number of thiazole rings is 1. The van der Waals surface area contributed by atoms with Gasteiger partial charge in [0, 0.05) is 11.6 Å². The van der Waals surface area contributed by atoms with Gasteiger partial charge in [0.2, 0.25) is 0 Å². The van der Waals surface area contributed by atoms with E-state index in [1.165, 1.54) is 17.6 Å². The SMILES string of the molecule is CCc1csc(CS(C)(=O)=O)n1. The Morgan fingerprint density at radius 2 is 2.25 bits per heavy atom. The lowest BCUT2D eigenvalue weighted by atomic mass is 10.4. The minimum absolute atomic E-state index is 0.0671. The van der Waals surface area contributed by atoms with Crippen LogP contribution in [0.5, 0.6) is 0 Å². The molecule has 0 fully saturated rings. The summed E-state index contributed by atoms with van der Waals surface area (Å²) >= 11 is 1.41. The maximum absolute atomic E-state index is 10.9. The Balaban J connectivity index is 2.78. The van der Waals surface area contributed by atoms with E-state index in [0.717, 1.165) is 12.1 Å². The van der Waals surface area contributed by atoms with Crippen LogP contribution < -0.4 is 0 Å². The molecule has 0 radical (unpaired) electrons. The third-order valence-corrected chi connectivity index (χ3v) is 3.23. The number of aryl methyl sites for hydroxylation is 1. The van der Waals surface area contributed by atoms with Crippen molar-refractivity contribution in [3.63, 3.8) is 0 Å². The number of rotatable bonds is 3. The normalized spacial score (nSPS) is 11.8. The van der Waals surface area contributed by atoms with Crippen LogP contribution in [0.3, 0.4) is 0 Å². The van der Waals surface area contributed by atoms with E-state index >= 15 is 0 Å². The summed E-state index contributed by atoms with van der Waals surface area (Å²) in [4.78, 5) is 4.15. The molecule has 0 atom stereocenters. The van der Waals surface area contributed by atoms with Gasteiger partial charge in [0.05, 0.1) is 5.69 Å². The molecule has 0 spiro atoms. The van der Waals surface area contributed by atoms with Crippen LogP contribution in [-0.4, -0.2) is 19.7 Å². The van der Waals surface area contributed by atoms with Crippen LogP contribution in [0.4, 0.5) is 0 Å². The molecule has 0 aliphatic heterocycles. The molecule has 0 bridgehead atoms. The van der Waals surface area contributed by atoms with Crippen molar-refractivity contribution in [2.45, 2.75) is 19.1 Å². The fourth-order valence-corrected chi connectivity index (χ4v) is 2.89. The Bertz CT molecular complexity index is 353. The molecule has 1 aromatic heterocycles. The van der Waals surface area contributed by atoms with Crippen molar-refractivity contribution < 1.29 is 8.42 Å². The van der Waals surface area contributed by atoms with Crippen LogP contribution in [0.15, 0.2) is 5.38 Å². The molecule has 5 heteroatoms. The van der Waals surface area contributed by atoms with E-state index in [0.29, 0.717) is 5.01 Å². The van der Waals surface area contributed by atoms with Gasteiger partial charge in [0.15, 0.2) is 9.84 Å². The number of hydrogen-bond donors (Lipinski definition) is 0. The van der Waals surface area contributed by atoms with Crippen molar-refractivity contribution in [1.29, 1.82) is 0 Å². The van der Waals surface area contributed by atoms with Crippen molar-refractivity contribution in [2.24, 2.45) is 0 Å². The average Bonchev–Trinajstić information content (AvgIpc) is 2.32. The molecule has 1 aromatic rings. The Hall–Kier alpha value is -0.420. The fraction of sp³-hybridized carbons (Fsp3) is 0.571. The second kappa shape index (κ2) is 3.53. The van der Waals surface area contributed by atoms with Gasteiger partial charge in [-0.25, -0.2) is 13.4 Å². The van der Waals surface area contributed by atoms with Gasteiger partial charge in [0.25, 0.3) is 0 Å². The van der Waals surface area contributed by atoms with E-state index in [4.69, 9.17) is 0 Å². The summed E-state index contributed by atoms with van der Waals surface area (Å²) in [6, 6.07) is 0. The summed E-state index contributed by atoms with van der Waals surface area (Å²) in [7, 11) is -2.92. The second-order valence-electron chi connectivity index (χ2n) is 2.66. The Kier molecular flexibility index (Phi) is 2.85. The lowest BCUT2D eigenvalue weighted by molar-refractivity contribution is 0.601. The van der Waals surface area contributed by atoms with Crippen molar-refractivity contribution in [2.75, 3.05) is 6.26 Å². The van der Waals surface area contributed by atoms with Gasteiger partial charge in [-0.3, -0.25) is 0 Å². The van der Waals surface area contributed by atoms with Crippen LogP contribution in [0.1, 0.15) is 17.6 Å². The van der Waals surface area contributed by atoms with E-state index in [9.17, 15) is 8.42 Å². The van der Waals surface area contributed by atoms with Gasteiger partial charge in [-0.15, -0.1) is 11.3 Å². The highest BCUT2D eigenvalue weighted by Gasteiger charge is 2.07. The van der Waals surface area contributed by atoms with Crippen molar-refractivity contribution in [3.05, 3.63) is 16.1 Å². The fourth-order valence-electron chi connectivity index (χ4n) is 0.802. The Labute approximate surface area is 76.4 Å². The molecule has 0 aliphatic rings. The summed E-state index contributed by atoms with van der Waals surface area (Å²) < 4.78 is 21.7. The van der Waals surface area contributed by atoms with Crippen LogP contribution in [-0.2, 0) is 22.0 Å². The zero-order valence-electron chi connectivity index (χ0n) is 7.07. The van der Waals surface area contributed by atoms with E-state index < -0.39 is 9.84 Å². The van der Waals surface area contributed by atoms with Gasteiger partial charge in [-0.05, 0) is 6.42 Å². The van der Waals surface area contributed by atoms with Crippen LogP contribution in [0.2, 0.25) is 0 Å². The van der Waals surface area contributed by atoms with Gasteiger partial charge < -0.3 is 0 Å². The predicted molar refractivity (Wildman–Crippen MR) is 50.0 cm³/mol. The molecule has 0 unspecified atom stereocenters. The molecule has 0 aliphatic carbocycles. The lowest BCUT2D eigenvalue weighted by Gasteiger charge is -1.91. The van der Waals surface area contributed by atoms with Crippen molar-refractivity contribution in [1.82, 2.24) is 4.98 Å². The van der Waals surface area contributed by atoms with E-state index in [1.807, 2.05) is 12.3 Å². The maximum Gasteiger partial charge on any atom is 0.153 e. The number of hydrogen-bond acceptors (Lipinski definition) is 4. The maximum atomic E-state index is 10.9. The lowest BCUT2D eigenvalue weighted by Crippen LogP contribution is -2.00. The molecule has 0 aromatic carbocycles. The summed E-state index contributed by atoms with van der Waals surface area (Å²) in [5, 5.41) is 2.59. The Morgan fingerprint density at radius 1 is 1.58 bits per heavy atom. The molecule has 1 heterocycles. The van der Waals surface area contributed by atoms with Gasteiger partial charge >= 0.3 is 0 Å². The first kappa shape index (κ1) is 9.67. The summed E-state index contributed by atoms with van der Waals surface area (Å²) in [5.41, 5.74) is 0.971. The molecule has 0 saturated carbocycles. The first-order chi connectivity index (χ1) is 5.51. The quantitative estimate of drug-likeness (QED) is 0.746. The Morgan fingerprint density at radius 3 is 2.67 bits per heavy atom. The number of aromatic nitrogens is 1. The van der Waals surface area contributed by atoms with Gasteiger partial charge in [0.1, 0.15) is 10.8 Å². The molecule has 1 rings (SSSR count). The zero-order chi connectivity index (χ0) is 9.19. The summed E-state index contributed by atoms with van der Waals surface area (Å²) in [6.07, 6.45) is 2.08. The first-order valence-electron chi connectivity index (χ1n) is 3.62. The molecular formula is C7H11NO2S2. The van der Waals surface area contributed by atoms with Gasteiger partial charge in [-0.2, -0.15) is 0 Å². The van der Waals surface area contributed by atoms with Crippen LogP contribution >= 0.6 is 11.3 Å². The van der Waals surface area contributed by atoms with E-state index in [1.54, 1.807) is 0 Å². The third-order valence-electron chi connectivity index (χ3n) is 1.35. The summed E-state index contributed by atoms with van der Waals surface area (Å²) in [5.74, 6) is 0.0671. The van der Waals surface area contributed by atoms with Crippen LogP contribution in [0.25, 0.3) is 0 Å². The second-order valence-corrected chi connectivity index (χ2v) is 5.74. The molecule has 0 saturated heterocycles. The van der Waals surface area contributed by atoms with Crippen molar-refractivity contribution >= 4 is 21.2 Å². The highest BCUT2D eigenvalue weighted by molar-refractivity contribution is 7.90. The third kappa shape index (κ3) is 2.91. The number of sulfone groups is 1. The standard InChI is InChI=1S/C7H11NO2S2/c1-3-6-4-11-7(8-6)5-12(2,9)10/h4H,3,5H2,1-2H3. The van der Waals surface area contributed by atoms with Crippen molar-refractivity contribution in [3.8, 4) is 0 Å². The van der Waals surface area contributed by atoms with Crippen LogP contribution in [0, 0.1) is 0 Å². The molecule has 0 N–H and O–H groups in total. The molecular weight excluding hydrogens is 194 g/mol. The topological polar surface area (TPSA) is 47.0 Å². The largest absolute Gasteiger partial charge is 0.245 e. The first-order valence-corrected chi connectivity index (χ1v) is 6.56. The zero-order valence-corrected chi connectivity index (χ0v) is 8.70. The molecule has 0 amide bonds. The average molecular weight is 205 g/mol. The number of nitrogens with zero attached hydrogens (tertiary/aromatic N) is 1. The molecule has 12 heavy (non-hydrogen) atoms. The minimum atomic E-state index is -2.92. The molecule has 3 nitrogen and oxygen atoms in total. The van der Waals surface area contributed by atoms with E-state index in [2.05, 4.69) is 4.98 Å². The van der Waals surface area contributed by atoms with Gasteiger partial charge in [-0.1, -0.05) is 6.92 Å². The monoisotopic (exact) mass is 205 g/mol. The van der Waals surface area contributed by atoms with E-state index in [-0.39, 0.29) is 5.75 Å². The smallest absolute Gasteiger partial charge is 0.153 e. The highest BCUT2D eigenvalue weighted by atomic mass is 32.2. The summed E-state index contributed by atoms with van der Waals surface area (Å²) in [6.45, 7) is 2.00. The highest BCUT2D eigenvalue weighted by Crippen LogP contribution is 2.12. The molecule has 68 valence electrons. The minimum Gasteiger partial charge on any atom is -0.245 e. The predicted octanol–water partition coefficient (Wildman–Crippen LogP) is 1.25.